The van der Waals surface area contributed by atoms with Gasteiger partial charge in [-0.1, -0.05) is 72.8 Å². The van der Waals surface area contributed by atoms with Gasteiger partial charge in [0, 0.05) is 25.6 Å². The van der Waals surface area contributed by atoms with Crippen molar-refractivity contribution >= 4 is 17.5 Å². The second-order valence-electron chi connectivity index (χ2n) is 10.1. The minimum Gasteiger partial charge on any atom is -0.497 e. The Hall–Kier alpha value is -4.35. The van der Waals surface area contributed by atoms with Crippen molar-refractivity contribution in [2.24, 2.45) is 11.0 Å². The predicted octanol–water partition coefficient (Wildman–Crippen LogP) is 6.84. The van der Waals surface area contributed by atoms with Crippen LogP contribution in [0.3, 0.4) is 0 Å². The Balaban J connectivity index is 1.43. The van der Waals surface area contributed by atoms with Gasteiger partial charge in [-0.05, 0) is 64.7 Å². The Morgan fingerprint density at radius 1 is 0.769 bits per heavy atom. The third-order valence-electron chi connectivity index (χ3n) is 7.57. The van der Waals surface area contributed by atoms with Crippen molar-refractivity contribution in [3.8, 4) is 11.5 Å². The molecule has 0 saturated carbocycles. The number of fused-ring (bicyclic) bond motifs is 1. The molecule has 0 radical (unpaired) electrons. The summed E-state index contributed by atoms with van der Waals surface area (Å²) in [7, 11) is 3.41. The molecule has 0 aliphatic carbocycles. The summed E-state index contributed by atoms with van der Waals surface area (Å²) in [5.74, 6) is 1.93. The van der Waals surface area contributed by atoms with Gasteiger partial charge in [-0.2, -0.15) is 5.10 Å². The quantitative estimate of drug-likeness (QED) is 0.270. The molecule has 0 unspecified atom stereocenters. The molecule has 5 nitrogen and oxygen atoms in total. The highest BCUT2D eigenvalue weighted by Gasteiger charge is 2.44. The number of methoxy groups -OCH3 is 2. The molecule has 2 atom stereocenters. The molecular formula is C34H33N3O2. The minimum absolute atomic E-state index is 0.0751. The molecular weight excluding hydrogens is 482 g/mol. The van der Waals surface area contributed by atoms with E-state index in [9.17, 15) is 0 Å². The number of hydrogen-bond donors (Lipinski definition) is 0. The number of anilines is 1. The fraction of sp³-hybridized carbons (Fsp3) is 0.206. The molecule has 4 aromatic rings. The lowest BCUT2D eigenvalue weighted by atomic mass is 9.82. The summed E-state index contributed by atoms with van der Waals surface area (Å²) < 4.78 is 10.9. The van der Waals surface area contributed by atoms with Crippen molar-refractivity contribution in [3.63, 3.8) is 0 Å². The maximum atomic E-state index is 5.46. The topological polar surface area (TPSA) is 37.3 Å². The molecule has 1 fully saturated rings. The van der Waals surface area contributed by atoms with Crippen LogP contribution in [-0.4, -0.2) is 37.9 Å². The van der Waals surface area contributed by atoms with Crippen molar-refractivity contribution < 1.29 is 9.47 Å². The van der Waals surface area contributed by atoms with Crippen LogP contribution in [0, 0.1) is 5.92 Å². The molecule has 2 aliphatic heterocycles. The van der Waals surface area contributed by atoms with Gasteiger partial charge in [0.25, 0.3) is 0 Å². The molecule has 4 aromatic carbocycles. The highest BCUT2D eigenvalue weighted by molar-refractivity contribution is 6.09. The minimum atomic E-state index is 0.0751. The molecule has 0 aromatic heterocycles. The number of ether oxygens (including phenoxy) is 2. The summed E-state index contributed by atoms with van der Waals surface area (Å²) in [6.45, 7) is 2.66. The summed E-state index contributed by atoms with van der Waals surface area (Å²) in [5.41, 5.74) is 7.21. The molecule has 0 spiro atoms. The van der Waals surface area contributed by atoms with E-state index < -0.39 is 0 Å². The van der Waals surface area contributed by atoms with E-state index in [4.69, 9.17) is 14.6 Å². The number of benzene rings is 4. The van der Waals surface area contributed by atoms with E-state index in [1.807, 2.05) is 12.1 Å². The predicted molar refractivity (Wildman–Crippen MR) is 158 cm³/mol. The number of rotatable bonds is 7. The average Bonchev–Trinajstić information content (AvgIpc) is 3.38. The molecule has 2 heterocycles. The van der Waals surface area contributed by atoms with E-state index in [1.54, 1.807) is 14.2 Å². The molecule has 5 heteroatoms. The van der Waals surface area contributed by atoms with Crippen LogP contribution in [0.2, 0.25) is 0 Å². The maximum Gasteiger partial charge on any atom is 0.118 e. The zero-order valence-electron chi connectivity index (χ0n) is 22.4. The summed E-state index contributed by atoms with van der Waals surface area (Å²) in [6.07, 6.45) is 2.29. The number of para-hydroxylation sites is 1. The third-order valence-corrected chi connectivity index (χ3v) is 7.57. The van der Waals surface area contributed by atoms with Crippen molar-refractivity contribution in [2.75, 3.05) is 32.3 Å². The van der Waals surface area contributed by atoms with Gasteiger partial charge >= 0.3 is 0 Å². The van der Waals surface area contributed by atoms with Gasteiger partial charge in [0.15, 0.2) is 0 Å². The first-order chi connectivity index (χ1) is 19.2. The first-order valence-corrected chi connectivity index (χ1v) is 13.4. The number of hydrogen-bond acceptors (Lipinski definition) is 5. The molecule has 196 valence electrons. The molecule has 2 aliphatic rings. The van der Waals surface area contributed by atoms with Gasteiger partial charge in [0.1, 0.15) is 11.5 Å². The Morgan fingerprint density at radius 3 is 2.03 bits per heavy atom. The summed E-state index contributed by atoms with van der Waals surface area (Å²) >= 11 is 0. The van der Waals surface area contributed by atoms with Crippen LogP contribution in [0.5, 0.6) is 11.5 Å². The van der Waals surface area contributed by atoms with E-state index in [1.165, 1.54) is 22.4 Å². The third kappa shape index (κ3) is 5.31. The maximum absolute atomic E-state index is 5.46. The largest absolute Gasteiger partial charge is 0.497 e. The smallest absolute Gasteiger partial charge is 0.118 e. The Labute approximate surface area is 230 Å². The first-order valence-electron chi connectivity index (χ1n) is 13.4. The van der Waals surface area contributed by atoms with Gasteiger partial charge in [0.05, 0.1) is 31.7 Å². The first kappa shape index (κ1) is 25.0. The van der Waals surface area contributed by atoms with Gasteiger partial charge in [-0.3, -0.25) is 9.91 Å². The summed E-state index contributed by atoms with van der Waals surface area (Å²) in [5, 5.41) is 7.55. The van der Waals surface area contributed by atoms with E-state index in [0.29, 0.717) is 0 Å². The lowest BCUT2D eigenvalue weighted by molar-refractivity contribution is 0.245. The average molecular weight is 516 g/mol. The number of nitrogens with zero attached hydrogens (tertiary/aromatic N) is 3. The summed E-state index contributed by atoms with van der Waals surface area (Å²) in [6, 6.07) is 38.0. The highest BCUT2D eigenvalue weighted by Crippen LogP contribution is 2.43. The van der Waals surface area contributed by atoms with Crippen LogP contribution in [-0.2, 0) is 6.54 Å². The van der Waals surface area contributed by atoms with Gasteiger partial charge in [-0.25, -0.2) is 0 Å². The van der Waals surface area contributed by atoms with Crippen molar-refractivity contribution in [3.05, 3.63) is 131 Å². The fourth-order valence-corrected chi connectivity index (χ4v) is 5.68. The number of piperidine rings is 1. The Bertz CT molecular complexity index is 1450. The lowest BCUT2D eigenvalue weighted by Gasteiger charge is -2.36. The second kappa shape index (κ2) is 11.2. The normalized spacial score (nSPS) is 20.0. The highest BCUT2D eigenvalue weighted by atomic mass is 16.5. The lowest BCUT2D eigenvalue weighted by Crippen LogP contribution is -2.43. The fourth-order valence-electron chi connectivity index (χ4n) is 5.68. The van der Waals surface area contributed by atoms with E-state index in [0.717, 1.165) is 42.4 Å². The van der Waals surface area contributed by atoms with Crippen LogP contribution >= 0.6 is 0 Å². The Morgan fingerprint density at radius 2 is 1.38 bits per heavy atom. The van der Waals surface area contributed by atoms with Crippen LogP contribution in [0.15, 0.2) is 120 Å². The van der Waals surface area contributed by atoms with Crippen LogP contribution < -0.4 is 14.5 Å². The molecule has 6 rings (SSSR count). The zero-order valence-corrected chi connectivity index (χ0v) is 22.4. The standard InChI is InChI=1S/C34H33N3O2/c1-38-30-17-13-25(14-18-30)21-28-23-36(22-26-9-5-3-6-10-26)24-32-33(28)35-37(29-11-7-4-8-12-29)34(32)27-15-19-31(39-2)20-16-27/h3-21,32,34H,22-24H2,1-2H3/b28-21+/t32-,34-/m0/s1. The SMILES string of the molecule is COc1ccc(/C=C2\CN(Cc3ccccc3)C[C@H]3C2=NN(c2ccccc2)[C@H]3c2ccc(OC)cc2)cc1. The second-order valence-corrected chi connectivity index (χ2v) is 10.1. The van der Waals surface area contributed by atoms with Crippen LogP contribution in [0.1, 0.15) is 22.7 Å². The summed E-state index contributed by atoms with van der Waals surface area (Å²) in [4.78, 5) is 2.55. The van der Waals surface area contributed by atoms with E-state index in [2.05, 4.69) is 113 Å². The zero-order chi connectivity index (χ0) is 26.6. The molecule has 0 N–H and O–H groups in total. The molecule has 0 bridgehead atoms. The Kier molecular flexibility index (Phi) is 7.15. The van der Waals surface area contributed by atoms with Crippen LogP contribution in [0.25, 0.3) is 6.08 Å². The van der Waals surface area contributed by atoms with Gasteiger partial charge in [-0.15, -0.1) is 0 Å². The number of hydrazone groups is 1. The number of likely N-dealkylation sites (tertiary alicyclic amines) is 1. The van der Waals surface area contributed by atoms with Crippen molar-refractivity contribution in [1.29, 1.82) is 0 Å². The monoisotopic (exact) mass is 515 g/mol. The van der Waals surface area contributed by atoms with E-state index >= 15 is 0 Å². The van der Waals surface area contributed by atoms with Crippen molar-refractivity contribution in [2.45, 2.75) is 12.6 Å². The molecule has 39 heavy (non-hydrogen) atoms. The van der Waals surface area contributed by atoms with Gasteiger partial charge in [0.2, 0.25) is 0 Å². The van der Waals surface area contributed by atoms with Crippen LogP contribution in [0.4, 0.5) is 5.69 Å². The molecule has 1 saturated heterocycles. The molecule has 0 amide bonds. The van der Waals surface area contributed by atoms with Gasteiger partial charge < -0.3 is 9.47 Å². The van der Waals surface area contributed by atoms with E-state index in [-0.39, 0.29) is 12.0 Å². The van der Waals surface area contributed by atoms with Crippen molar-refractivity contribution in [1.82, 2.24) is 4.90 Å².